The Morgan fingerprint density at radius 1 is 0.867 bits per heavy atom. The highest BCUT2D eigenvalue weighted by Crippen LogP contribution is 2.30. The summed E-state index contributed by atoms with van der Waals surface area (Å²) in [5.41, 5.74) is 4.76. The van der Waals surface area contributed by atoms with Gasteiger partial charge in [-0.2, -0.15) is 0 Å². The molecule has 1 N–H and O–H groups in total. The Morgan fingerprint density at radius 2 is 1.63 bits per heavy atom. The highest BCUT2D eigenvalue weighted by molar-refractivity contribution is 5.85. The summed E-state index contributed by atoms with van der Waals surface area (Å²) in [4.78, 5) is 18.7. The van der Waals surface area contributed by atoms with Gasteiger partial charge in [0.25, 0.3) is 0 Å². The van der Waals surface area contributed by atoms with Gasteiger partial charge in [-0.1, -0.05) is 42.5 Å². The van der Waals surface area contributed by atoms with Crippen LogP contribution in [-0.2, 0) is 6.61 Å². The van der Waals surface area contributed by atoms with Gasteiger partial charge in [-0.3, -0.25) is 4.79 Å². The predicted octanol–water partition coefficient (Wildman–Crippen LogP) is 5.37. The summed E-state index contributed by atoms with van der Waals surface area (Å²) in [6, 6.07) is 25.7. The molecule has 0 amide bonds. The molecule has 150 valence electrons. The van der Waals surface area contributed by atoms with E-state index in [0.717, 1.165) is 52.3 Å². The molecule has 0 unspecified atom stereocenters. The zero-order chi connectivity index (χ0) is 20.3. The van der Waals surface area contributed by atoms with Crippen LogP contribution in [0.15, 0.2) is 83.7 Å². The molecule has 2 heterocycles. The zero-order valence-corrected chi connectivity index (χ0v) is 16.8. The number of aromatic amines is 1. The van der Waals surface area contributed by atoms with E-state index in [9.17, 15) is 4.79 Å². The highest BCUT2D eigenvalue weighted by atomic mass is 16.5. The minimum absolute atomic E-state index is 0.0256. The smallest absolute Gasteiger partial charge is 0.190 e. The Hall–Kier alpha value is -3.53. The molecule has 0 spiro atoms. The van der Waals surface area contributed by atoms with Gasteiger partial charge >= 0.3 is 0 Å². The van der Waals surface area contributed by atoms with Gasteiger partial charge in [0.2, 0.25) is 0 Å². The average Bonchev–Trinajstić information content (AvgIpc) is 3.33. The van der Waals surface area contributed by atoms with E-state index in [0.29, 0.717) is 6.61 Å². The zero-order valence-electron chi connectivity index (χ0n) is 16.8. The van der Waals surface area contributed by atoms with Crippen LogP contribution in [0.25, 0.3) is 22.2 Å². The molecule has 3 aromatic carbocycles. The first-order valence-corrected chi connectivity index (χ1v) is 10.5. The van der Waals surface area contributed by atoms with Crippen LogP contribution in [-0.4, -0.2) is 18.1 Å². The number of benzene rings is 3. The Kier molecular flexibility index (Phi) is 4.98. The summed E-state index contributed by atoms with van der Waals surface area (Å²) >= 11 is 0. The Morgan fingerprint density at radius 3 is 2.47 bits per heavy atom. The monoisotopic (exact) mass is 396 g/mol. The molecule has 1 aromatic heterocycles. The van der Waals surface area contributed by atoms with E-state index < -0.39 is 0 Å². The van der Waals surface area contributed by atoms with Gasteiger partial charge in [-0.05, 0) is 48.7 Å². The minimum atomic E-state index is 0.0256. The van der Waals surface area contributed by atoms with Gasteiger partial charge in [-0.15, -0.1) is 0 Å². The molecular formula is C26H24N2O2. The van der Waals surface area contributed by atoms with Crippen molar-refractivity contribution in [1.82, 2.24) is 4.98 Å². The standard InChI is InChI=1S/C26H24N2O2/c29-25-17-24(27-23-13-12-20(16-22(23)25)28-14-6-7-15-28)21-10-4-5-11-26(21)30-18-19-8-2-1-3-9-19/h1-5,8-13,16-17H,6-7,14-15,18H2,(H,27,29). The maximum Gasteiger partial charge on any atom is 0.190 e. The maximum absolute atomic E-state index is 13.0. The van der Waals surface area contributed by atoms with Gasteiger partial charge in [0.15, 0.2) is 5.43 Å². The number of ether oxygens (including phenoxy) is 1. The number of anilines is 1. The number of H-pyrrole nitrogens is 1. The van der Waals surface area contributed by atoms with E-state index in [2.05, 4.69) is 16.0 Å². The van der Waals surface area contributed by atoms with Crippen LogP contribution >= 0.6 is 0 Å². The number of pyridine rings is 1. The van der Waals surface area contributed by atoms with Gasteiger partial charge in [-0.25, -0.2) is 0 Å². The van der Waals surface area contributed by atoms with Gasteiger partial charge in [0, 0.05) is 41.3 Å². The second kappa shape index (κ2) is 8.07. The number of aromatic nitrogens is 1. The van der Waals surface area contributed by atoms with Crippen molar-refractivity contribution in [3.8, 4) is 17.0 Å². The second-order valence-electron chi connectivity index (χ2n) is 7.74. The van der Waals surface area contributed by atoms with Crippen LogP contribution in [0.1, 0.15) is 18.4 Å². The topological polar surface area (TPSA) is 45.3 Å². The molecule has 4 aromatic rings. The number of hydrogen-bond donors (Lipinski definition) is 1. The summed E-state index contributed by atoms with van der Waals surface area (Å²) in [7, 11) is 0. The third kappa shape index (κ3) is 3.69. The lowest BCUT2D eigenvalue weighted by atomic mass is 10.1. The third-order valence-electron chi connectivity index (χ3n) is 5.70. The summed E-state index contributed by atoms with van der Waals surface area (Å²) in [5, 5.41) is 0.728. The van der Waals surface area contributed by atoms with Crippen molar-refractivity contribution in [2.75, 3.05) is 18.0 Å². The molecule has 0 saturated carbocycles. The molecule has 0 aliphatic carbocycles. The first-order valence-electron chi connectivity index (χ1n) is 10.5. The Bertz CT molecular complexity index is 1220. The molecule has 0 radical (unpaired) electrons. The lowest BCUT2D eigenvalue weighted by molar-refractivity contribution is 0.307. The number of fused-ring (bicyclic) bond motifs is 1. The van der Waals surface area contributed by atoms with Crippen LogP contribution in [0.5, 0.6) is 5.75 Å². The van der Waals surface area contributed by atoms with E-state index in [1.54, 1.807) is 6.07 Å². The fraction of sp³-hybridized carbons (Fsp3) is 0.192. The fourth-order valence-electron chi connectivity index (χ4n) is 4.10. The minimum Gasteiger partial charge on any atom is -0.488 e. The number of nitrogens with zero attached hydrogens (tertiary/aromatic N) is 1. The first-order chi connectivity index (χ1) is 14.8. The molecule has 4 nitrogen and oxygen atoms in total. The van der Waals surface area contributed by atoms with Crippen LogP contribution in [0.4, 0.5) is 5.69 Å². The predicted molar refractivity (Wildman–Crippen MR) is 122 cm³/mol. The van der Waals surface area contributed by atoms with Crippen molar-refractivity contribution in [3.63, 3.8) is 0 Å². The quantitative estimate of drug-likeness (QED) is 0.493. The van der Waals surface area contributed by atoms with E-state index >= 15 is 0 Å². The lowest BCUT2D eigenvalue weighted by Crippen LogP contribution is -2.17. The van der Waals surface area contributed by atoms with E-state index in [-0.39, 0.29) is 5.43 Å². The summed E-state index contributed by atoms with van der Waals surface area (Å²) in [5.74, 6) is 0.755. The molecule has 1 aliphatic heterocycles. The number of nitrogens with one attached hydrogen (secondary N) is 1. The van der Waals surface area contributed by atoms with Gasteiger partial charge in [0.1, 0.15) is 12.4 Å². The normalized spacial score (nSPS) is 13.7. The lowest BCUT2D eigenvalue weighted by Gasteiger charge is -2.18. The van der Waals surface area contributed by atoms with Crippen molar-refractivity contribution >= 4 is 16.6 Å². The fourth-order valence-corrected chi connectivity index (χ4v) is 4.10. The summed E-state index contributed by atoms with van der Waals surface area (Å²) in [6.07, 6.45) is 2.43. The molecule has 0 bridgehead atoms. The van der Waals surface area contributed by atoms with Crippen LogP contribution in [0.2, 0.25) is 0 Å². The summed E-state index contributed by atoms with van der Waals surface area (Å²) < 4.78 is 6.09. The first kappa shape index (κ1) is 18.5. The van der Waals surface area contributed by atoms with Crippen molar-refractivity contribution < 1.29 is 4.74 Å². The van der Waals surface area contributed by atoms with Gasteiger partial charge < -0.3 is 14.6 Å². The van der Waals surface area contributed by atoms with E-state index in [1.165, 1.54) is 12.8 Å². The molecular weight excluding hydrogens is 372 g/mol. The number of hydrogen-bond acceptors (Lipinski definition) is 3. The Balaban J connectivity index is 1.49. The molecule has 1 saturated heterocycles. The maximum atomic E-state index is 13.0. The van der Waals surface area contributed by atoms with Crippen molar-refractivity contribution in [2.24, 2.45) is 0 Å². The van der Waals surface area contributed by atoms with Gasteiger partial charge in [0.05, 0.1) is 5.69 Å². The van der Waals surface area contributed by atoms with Crippen molar-refractivity contribution in [2.45, 2.75) is 19.4 Å². The Labute approximate surface area is 175 Å². The molecule has 30 heavy (non-hydrogen) atoms. The van der Waals surface area contributed by atoms with Crippen LogP contribution in [0, 0.1) is 0 Å². The third-order valence-corrected chi connectivity index (χ3v) is 5.70. The average molecular weight is 396 g/mol. The van der Waals surface area contributed by atoms with Crippen molar-refractivity contribution in [1.29, 1.82) is 0 Å². The largest absolute Gasteiger partial charge is 0.488 e. The second-order valence-corrected chi connectivity index (χ2v) is 7.74. The molecule has 4 heteroatoms. The van der Waals surface area contributed by atoms with Crippen molar-refractivity contribution in [3.05, 3.63) is 94.6 Å². The van der Waals surface area contributed by atoms with E-state index in [4.69, 9.17) is 4.74 Å². The molecule has 1 fully saturated rings. The SMILES string of the molecule is O=c1cc(-c2ccccc2OCc2ccccc2)[nH]c2ccc(N3CCCC3)cc12. The highest BCUT2D eigenvalue weighted by Gasteiger charge is 2.14. The number of para-hydroxylation sites is 1. The van der Waals surface area contributed by atoms with Crippen LogP contribution < -0.4 is 15.1 Å². The summed E-state index contributed by atoms with van der Waals surface area (Å²) in [6.45, 7) is 2.61. The van der Waals surface area contributed by atoms with Crippen LogP contribution in [0.3, 0.4) is 0 Å². The number of rotatable bonds is 5. The molecule has 0 atom stereocenters. The van der Waals surface area contributed by atoms with E-state index in [1.807, 2.05) is 66.7 Å². The molecule has 5 rings (SSSR count). The molecule has 1 aliphatic rings.